The summed E-state index contributed by atoms with van der Waals surface area (Å²) in [5, 5.41) is -0.684. The van der Waals surface area contributed by atoms with Crippen molar-refractivity contribution in [1.82, 2.24) is 14.5 Å². The number of likely N-dealkylation sites (tertiary alicyclic amines) is 1. The third-order valence-corrected chi connectivity index (χ3v) is 7.16. The minimum absolute atomic E-state index is 0.0213. The first-order valence-corrected chi connectivity index (χ1v) is 10.1. The average molecular weight is 397 g/mol. The maximum atomic E-state index is 13.8. The zero-order chi connectivity index (χ0) is 19.2. The van der Waals surface area contributed by atoms with E-state index in [9.17, 15) is 22.0 Å². The van der Waals surface area contributed by atoms with E-state index in [1.165, 1.54) is 4.90 Å². The lowest BCUT2D eigenvalue weighted by Gasteiger charge is -2.52. The van der Waals surface area contributed by atoms with Crippen LogP contribution in [-0.4, -0.2) is 65.1 Å². The molecule has 1 aromatic carbocycles. The predicted octanol–water partition coefficient (Wildman–Crippen LogP) is 0.870. The Morgan fingerprint density at radius 1 is 1.33 bits per heavy atom. The molecule has 3 heterocycles. The summed E-state index contributed by atoms with van der Waals surface area (Å²) in [4.78, 5) is 17.6. The second kappa shape index (κ2) is 6.38. The topological polar surface area (TPSA) is 81.5 Å². The van der Waals surface area contributed by atoms with Crippen LogP contribution in [0.25, 0.3) is 0 Å². The number of nitrogens with zero attached hydrogens (tertiary/aromatic N) is 3. The van der Waals surface area contributed by atoms with Crippen LogP contribution in [0.2, 0.25) is 0 Å². The van der Waals surface area contributed by atoms with E-state index in [-0.39, 0.29) is 37.6 Å². The SMILES string of the molecule is O=C(c1ccc(F)cc1F)N1CC2(C1)CS(=O)(=O)[C@@H](Cn1ccnc1)CO2. The molecule has 144 valence electrons. The third-order valence-electron chi connectivity index (χ3n) is 4.93. The largest absolute Gasteiger partial charge is 0.369 e. The highest BCUT2D eigenvalue weighted by Crippen LogP contribution is 2.34. The normalized spacial score (nSPS) is 23.2. The van der Waals surface area contributed by atoms with E-state index in [4.69, 9.17) is 4.74 Å². The number of aromatic nitrogens is 2. The fourth-order valence-corrected chi connectivity index (χ4v) is 5.41. The molecule has 27 heavy (non-hydrogen) atoms. The molecule has 1 atom stereocenters. The van der Waals surface area contributed by atoms with E-state index in [1.54, 1.807) is 23.3 Å². The quantitative estimate of drug-likeness (QED) is 0.768. The predicted molar refractivity (Wildman–Crippen MR) is 90.7 cm³/mol. The van der Waals surface area contributed by atoms with Crippen molar-refractivity contribution in [2.75, 3.05) is 25.4 Å². The minimum Gasteiger partial charge on any atom is -0.369 e. The van der Waals surface area contributed by atoms with Crippen LogP contribution in [0, 0.1) is 11.6 Å². The molecule has 0 saturated carbocycles. The van der Waals surface area contributed by atoms with Gasteiger partial charge < -0.3 is 14.2 Å². The van der Waals surface area contributed by atoms with Crippen molar-refractivity contribution < 1.29 is 26.7 Å². The van der Waals surface area contributed by atoms with Crippen molar-refractivity contribution >= 4 is 15.7 Å². The Kier molecular flexibility index (Phi) is 4.26. The molecule has 1 aromatic heterocycles. The zero-order valence-electron chi connectivity index (χ0n) is 14.2. The van der Waals surface area contributed by atoms with E-state index >= 15 is 0 Å². The summed E-state index contributed by atoms with van der Waals surface area (Å²) in [5.41, 5.74) is -1.21. The van der Waals surface area contributed by atoms with E-state index < -0.39 is 38.2 Å². The number of rotatable bonds is 3. The zero-order valence-corrected chi connectivity index (χ0v) is 15.0. The molecular weight excluding hydrogens is 380 g/mol. The number of imidazole rings is 1. The average Bonchev–Trinajstić information content (AvgIpc) is 3.07. The summed E-state index contributed by atoms with van der Waals surface area (Å²) < 4.78 is 59.5. The second-order valence-electron chi connectivity index (χ2n) is 6.97. The number of benzene rings is 1. The highest BCUT2D eigenvalue weighted by Gasteiger charge is 2.54. The maximum absolute atomic E-state index is 13.8. The number of halogens is 2. The van der Waals surface area contributed by atoms with Crippen LogP contribution in [0.5, 0.6) is 0 Å². The summed E-state index contributed by atoms with van der Waals surface area (Å²) in [7, 11) is -3.43. The first-order valence-electron chi connectivity index (χ1n) is 8.34. The van der Waals surface area contributed by atoms with E-state index in [2.05, 4.69) is 4.98 Å². The van der Waals surface area contributed by atoms with Gasteiger partial charge in [0, 0.05) is 25.0 Å². The van der Waals surface area contributed by atoms with E-state index in [1.807, 2.05) is 0 Å². The Bertz CT molecular complexity index is 972. The van der Waals surface area contributed by atoms with Crippen molar-refractivity contribution in [3.05, 3.63) is 54.1 Å². The molecule has 7 nitrogen and oxygen atoms in total. The number of ether oxygens (including phenoxy) is 1. The highest BCUT2D eigenvalue weighted by atomic mass is 32.2. The molecular formula is C17H17F2N3O4S. The Labute approximate surface area is 154 Å². The maximum Gasteiger partial charge on any atom is 0.257 e. The molecule has 0 bridgehead atoms. The summed E-state index contributed by atoms with van der Waals surface area (Å²) in [6, 6.07) is 2.73. The molecule has 1 spiro atoms. The van der Waals surface area contributed by atoms with Gasteiger partial charge >= 0.3 is 0 Å². The molecule has 4 rings (SSSR count). The molecule has 2 aliphatic heterocycles. The van der Waals surface area contributed by atoms with Crippen LogP contribution in [-0.2, 0) is 21.1 Å². The van der Waals surface area contributed by atoms with Gasteiger partial charge in [-0.2, -0.15) is 0 Å². The highest BCUT2D eigenvalue weighted by molar-refractivity contribution is 7.92. The first-order chi connectivity index (χ1) is 12.8. The first kappa shape index (κ1) is 18.1. The van der Waals surface area contributed by atoms with Gasteiger partial charge in [-0.15, -0.1) is 0 Å². The van der Waals surface area contributed by atoms with Crippen LogP contribution in [0.4, 0.5) is 8.78 Å². The number of carbonyl (C=O) groups is 1. The molecule has 1 amide bonds. The van der Waals surface area contributed by atoms with Crippen LogP contribution >= 0.6 is 0 Å². The summed E-state index contributed by atoms with van der Waals surface area (Å²) in [6.45, 7) is 0.384. The molecule has 0 radical (unpaired) electrons. The Hall–Kier alpha value is -2.33. The van der Waals surface area contributed by atoms with Crippen molar-refractivity contribution in [1.29, 1.82) is 0 Å². The summed E-state index contributed by atoms with van der Waals surface area (Å²) in [5.74, 6) is -2.53. The lowest BCUT2D eigenvalue weighted by molar-refractivity contribution is -0.121. The van der Waals surface area contributed by atoms with E-state index in [0.29, 0.717) is 6.07 Å². The van der Waals surface area contributed by atoms with Gasteiger partial charge in [0.15, 0.2) is 9.84 Å². The van der Waals surface area contributed by atoms with Gasteiger partial charge in [0.05, 0.1) is 37.3 Å². The van der Waals surface area contributed by atoms with Gasteiger partial charge in [0.2, 0.25) is 0 Å². The van der Waals surface area contributed by atoms with Crippen molar-refractivity contribution in [3.8, 4) is 0 Å². The van der Waals surface area contributed by atoms with Gasteiger partial charge in [0.25, 0.3) is 5.91 Å². The molecule has 0 aliphatic carbocycles. The lowest BCUT2D eigenvalue weighted by atomic mass is 9.94. The molecule has 2 fully saturated rings. The Morgan fingerprint density at radius 3 is 2.74 bits per heavy atom. The van der Waals surface area contributed by atoms with Crippen LogP contribution in [0.1, 0.15) is 10.4 Å². The fourth-order valence-electron chi connectivity index (χ4n) is 3.50. The number of hydrogen-bond donors (Lipinski definition) is 0. The third kappa shape index (κ3) is 3.34. The number of amides is 1. The molecule has 0 N–H and O–H groups in total. The molecule has 2 aliphatic rings. The van der Waals surface area contributed by atoms with E-state index in [0.717, 1.165) is 12.1 Å². The molecule has 2 aromatic rings. The van der Waals surface area contributed by atoms with Crippen LogP contribution in [0.15, 0.2) is 36.9 Å². The van der Waals surface area contributed by atoms with Crippen molar-refractivity contribution in [2.24, 2.45) is 0 Å². The molecule has 0 unspecified atom stereocenters. The van der Waals surface area contributed by atoms with Gasteiger partial charge in [-0.1, -0.05) is 0 Å². The van der Waals surface area contributed by atoms with Crippen molar-refractivity contribution in [2.45, 2.75) is 17.4 Å². The summed E-state index contributed by atoms with van der Waals surface area (Å²) >= 11 is 0. The molecule has 10 heteroatoms. The fraction of sp³-hybridized carbons (Fsp3) is 0.412. The molecule has 2 saturated heterocycles. The van der Waals surface area contributed by atoms with Gasteiger partial charge in [0.1, 0.15) is 22.5 Å². The smallest absolute Gasteiger partial charge is 0.257 e. The lowest BCUT2D eigenvalue weighted by Crippen LogP contribution is -2.70. The van der Waals surface area contributed by atoms with Crippen LogP contribution in [0.3, 0.4) is 0 Å². The monoisotopic (exact) mass is 397 g/mol. The summed E-state index contributed by atoms with van der Waals surface area (Å²) in [6.07, 6.45) is 4.80. The second-order valence-corrected chi connectivity index (χ2v) is 9.25. The number of carbonyl (C=O) groups excluding carboxylic acids is 1. The Balaban J connectivity index is 1.42. The van der Waals surface area contributed by atoms with Crippen molar-refractivity contribution in [3.63, 3.8) is 0 Å². The standard InChI is InChI=1S/C17H17F2N3O4S/c18-12-1-2-14(15(19)5-12)16(23)22-8-17(9-22)10-27(24,25)13(7-26-17)6-21-4-3-20-11-21/h1-5,11,13H,6-10H2/t13-/m0/s1. The van der Waals surface area contributed by atoms with Gasteiger partial charge in [-0.3, -0.25) is 4.79 Å². The number of hydrogen-bond acceptors (Lipinski definition) is 5. The van der Waals surface area contributed by atoms with Crippen LogP contribution < -0.4 is 0 Å². The van der Waals surface area contributed by atoms with Gasteiger partial charge in [-0.25, -0.2) is 22.2 Å². The minimum atomic E-state index is -3.43. The Morgan fingerprint density at radius 2 is 2.11 bits per heavy atom. The number of sulfone groups is 1. The van der Waals surface area contributed by atoms with Gasteiger partial charge in [-0.05, 0) is 12.1 Å².